The Kier molecular flexibility index (Phi) is 8.37. The van der Waals surface area contributed by atoms with Gasteiger partial charge in [-0.2, -0.15) is 0 Å². The summed E-state index contributed by atoms with van der Waals surface area (Å²) < 4.78 is 5.33. The monoisotopic (exact) mass is 431 g/mol. The number of aromatic nitrogens is 1. The standard InChI is InChI=1S/C22H33N5O2S/c1-15(29-7)20-25-18(14-30-20)13-27(6)21(23-5)24-12-16-9-8-10-17(11-16)19(28)26-22(2,3)4/h8-11,14-15H,12-13H2,1-7H3,(H,23,24)(H,26,28). The molecule has 1 atom stereocenters. The average molecular weight is 432 g/mol. The molecular formula is C22H33N5O2S. The molecule has 0 saturated heterocycles. The summed E-state index contributed by atoms with van der Waals surface area (Å²) in [6.07, 6.45) is -0.00532. The van der Waals surface area contributed by atoms with E-state index in [-0.39, 0.29) is 17.6 Å². The van der Waals surface area contributed by atoms with Crippen molar-refractivity contribution in [2.75, 3.05) is 21.2 Å². The van der Waals surface area contributed by atoms with E-state index in [0.29, 0.717) is 18.7 Å². The Morgan fingerprint density at radius 1 is 1.37 bits per heavy atom. The van der Waals surface area contributed by atoms with Gasteiger partial charge in [-0.25, -0.2) is 4.98 Å². The van der Waals surface area contributed by atoms with E-state index in [2.05, 4.69) is 20.6 Å². The summed E-state index contributed by atoms with van der Waals surface area (Å²) in [7, 11) is 5.41. The van der Waals surface area contributed by atoms with Gasteiger partial charge in [0.15, 0.2) is 5.96 Å². The highest BCUT2D eigenvalue weighted by atomic mass is 32.1. The van der Waals surface area contributed by atoms with Crippen LogP contribution in [0.3, 0.4) is 0 Å². The lowest BCUT2D eigenvalue weighted by molar-refractivity contribution is 0.0919. The number of nitrogens with zero attached hydrogens (tertiary/aromatic N) is 3. The van der Waals surface area contributed by atoms with Crippen molar-refractivity contribution in [3.63, 3.8) is 0 Å². The zero-order valence-electron chi connectivity index (χ0n) is 18.9. The van der Waals surface area contributed by atoms with Crippen molar-refractivity contribution in [3.8, 4) is 0 Å². The highest BCUT2D eigenvalue weighted by Gasteiger charge is 2.16. The van der Waals surface area contributed by atoms with E-state index in [1.54, 1.807) is 25.5 Å². The summed E-state index contributed by atoms with van der Waals surface area (Å²) in [5.74, 6) is 0.685. The van der Waals surface area contributed by atoms with E-state index < -0.39 is 0 Å². The van der Waals surface area contributed by atoms with Crippen molar-refractivity contribution in [2.45, 2.75) is 52.4 Å². The highest BCUT2D eigenvalue weighted by molar-refractivity contribution is 7.09. The number of carbonyl (C=O) groups is 1. The quantitative estimate of drug-likeness (QED) is 0.517. The van der Waals surface area contributed by atoms with Crippen molar-refractivity contribution in [1.82, 2.24) is 20.5 Å². The van der Waals surface area contributed by atoms with Crippen LogP contribution in [-0.2, 0) is 17.8 Å². The molecule has 1 heterocycles. The first-order valence-corrected chi connectivity index (χ1v) is 10.8. The third-order valence-electron chi connectivity index (χ3n) is 4.37. The molecule has 2 aromatic rings. The second-order valence-corrected chi connectivity index (χ2v) is 9.11. The van der Waals surface area contributed by atoms with Crippen LogP contribution in [0.1, 0.15) is 60.4 Å². The number of nitrogens with one attached hydrogen (secondary N) is 2. The SMILES string of the molecule is CN=C(NCc1cccc(C(=O)NC(C)(C)C)c1)N(C)Cc1csc(C(C)OC)n1. The predicted molar refractivity (Wildman–Crippen MR) is 123 cm³/mol. The van der Waals surface area contributed by atoms with Gasteiger partial charge in [-0.15, -0.1) is 11.3 Å². The molecule has 2 rings (SSSR count). The Morgan fingerprint density at radius 2 is 2.10 bits per heavy atom. The fourth-order valence-electron chi connectivity index (χ4n) is 2.80. The molecule has 0 fully saturated rings. The average Bonchev–Trinajstić information content (AvgIpc) is 3.15. The maximum absolute atomic E-state index is 12.4. The molecule has 164 valence electrons. The highest BCUT2D eigenvalue weighted by Crippen LogP contribution is 2.21. The van der Waals surface area contributed by atoms with Gasteiger partial charge in [0.25, 0.3) is 5.91 Å². The molecular weight excluding hydrogens is 398 g/mol. The summed E-state index contributed by atoms with van der Waals surface area (Å²) >= 11 is 1.60. The number of thiazole rings is 1. The fraction of sp³-hybridized carbons (Fsp3) is 0.500. The van der Waals surface area contributed by atoms with Crippen LogP contribution in [-0.4, -0.2) is 48.5 Å². The second-order valence-electron chi connectivity index (χ2n) is 8.22. The molecule has 0 radical (unpaired) electrons. The van der Waals surface area contributed by atoms with E-state index in [4.69, 9.17) is 4.74 Å². The summed E-state index contributed by atoms with van der Waals surface area (Å²) in [6, 6.07) is 7.62. The number of methoxy groups -OCH3 is 1. The van der Waals surface area contributed by atoms with Gasteiger partial charge in [-0.1, -0.05) is 12.1 Å². The number of guanidine groups is 1. The zero-order valence-corrected chi connectivity index (χ0v) is 19.8. The van der Waals surface area contributed by atoms with Gasteiger partial charge >= 0.3 is 0 Å². The van der Waals surface area contributed by atoms with Crippen LogP contribution < -0.4 is 10.6 Å². The Labute approximate surface area is 183 Å². The lowest BCUT2D eigenvalue weighted by Gasteiger charge is -2.22. The molecule has 1 amide bonds. The number of rotatable bonds is 7. The third kappa shape index (κ3) is 7.11. The summed E-state index contributed by atoms with van der Waals surface area (Å²) in [6.45, 7) is 9.10. The molecule has 0 bridgehead atoms. The van der Waals surface area contributed by atoms with Crippen LogP contribution in [0.4, 0.5) is 0 Å². The summed E-state index contributed by atoms with van der Waals surface area (Å²) in [4.78, 5) is 23.4. The minimum Gasteiger partial charge on any atom is -0.375 e. The van der Waals surface area contributed by atoms with Crippen molar-refractivity contribution >= 4 is 23.2 Å². The first-order chi connectivity index (χ1) is 14.1. The molecule has 1 aromatic heterocycles. The number of benzene rings is 1. The largest absolute Gasteiger partial charge is 0.375 e. The van der Waals surface area contributed by atoms with Crippen molar-refractivity contribution in [2.24, 2.45) is 4.99 Å². The van der Waals surface area contributed by atoms with Gasteiger partial charge in [-0.05, 0) is 45.4 Å². The van der Waals surface area contributed by atoms with Crippen LogP contribution in [0.15, 0.2) is 34.6 Å². The van der Waals surface area contributed by atoms with Gasteiger partial charge in [-0.3, -0.25) is 9.79 Å². The Morgan fingerprint density at radius 3 is 2.73 bits per heavy atom. The number of carbonyl (C=O) groups excluding carboxylic acids is 1. The maximum atomic E-state index is 12.4. The van der Waals surface area contributed by atoms with Gasteiger partial charge < -0.3 is 20.3 Å². The number of ether oxygens (including phenoxy) is 1. The molecule has 0 aliphatic carbocycles. The number of hydrogen-bond donors (Lipinski definition) is 2. The van der Waals surface area contributed by atoms with Gasteiger partial charge in [0.2, 0.25) is 0 Å². The first kappa shape index (κ1) is 23.8. The van der Waals surface area contributed by atoms with Crippen molar-refractivity contribution in [1.29, 1.82) is 0 Å². The molecule has 7 nitrogen and oxygen atoms in total. The minimum atomic E-state index is -0.271. The van der Waals surface area contributed by atoms with Gasteiger partial charge in [0.1, 0.15) is 11.1 Å². The van der Waals surface area contributed by atoms with Crippen LogP contribution in [0, 0.1) is 0 Å². The molecule has 8 heteroatoms. The van der Waals surface area contributed by atoms with Crippen LogP contribution in [0.2, 0.25) is 0 Å². The maximum Gasteiger partial charge on any atom is 0.251 e. The number of amides is 1. The molecule has 1 aromatic carbocycles. The molecule has 30 heavy (non-hydrogen) atoms. The van der Waals surface area contributed by atoms with E-state index in [1.807, 2.05) is 69.3 Å². The molecule has 0 aliphatic heterocycles. The normalized spacial score (nSPS) is 13.1. The summed E-state index contributed by atoms with van der Waals surface area (Å²) in [5.41, 5.74) is 2.36. The van der Waals surface area contributed by atoms with E-state index in [0.717, 1.165) is 22.2 Å². The molecule has 0 saturated carbocycles. The molecule has 0 aliphatic rings. The van der Waals surface area contributed by atoms with E-state index in [1.165, 1.54) is 0 Å². The van der Waals surface area contributed by atoms with Crippen LogP contribution in [0.25, 0.3) is 0 Å². The molecule has 1 unspecified atom stereocenters. The lowest BCUT2D eigenvalue weighted by Crippen LogP contribution is -2.40. The number of aliphatic imine (C=N–C) groups is 1. The van der Waals surface area contributed by atoms with E-state index in [9.17, 15) is 4.79 Å². The van der Waals surface area contributed by atoms with Crippen LogP contribution in [0.5, 0.6) is 0 Å². The zero-order chi connectivity index (χ0) is 22.3. The predicted octanol–water partition coefficient (Wildman–Crippen LogP) is 3.59. The van der Waals surface area contributed by atoms with Gasteiger partial charge in [0.05, 0.1) is 12.2 Å². The Bertz CT molecular complexity index is 872. The Hall–Kier alpha value is -2.45. The smallest absolute Gasteiger partial charge is 0.251 e. The van der Waals surface area contributed by atoms with Crippen molar-refractivity contribution in [3.05, 3.63) is 51.5 Å². The Balaban J connectivity index is 1.97. The molecule has 0 spiro atoms. The lowest BCUT2D eigenvalue weighted by atomic mass is 10.1. The van der Waals surface area contributed by atoms with E-state index >= 15 is 0 Å². The third-order valence-corrected chi connectivity index (χ3v) is 5.43. The first-order valence-electron chi connectivity index (χ1n) is 9.93. The topological polar surface area (TPSA) is 78.9 Å². The van der Waals surface area contributed by atoms with Crippen LogP contribution >= 0.6 is 11.3 Å². The fourth-order valence-corrected chi connectivity index (χ4v) is 3.64. The molecule has 2 N–H and O–H groups in total. The van der Waals surface area contributed by atoms with Crippen molar-refractivity contribution < 1.29 is 9.53 Å². The second kappa shape index (κ2) is 10.5. The van der Waals surface area contributed by atoms with Gasteiger partial charge in [0, 0.05) is 44.2 Å². The minimum absolute atomic E-state index is 0.00532. The number of hydrogen-bond acceptors (Lipinski definition) is 5. The summed E-state index contributed by atoms with van der Waals surface area (Å²) in [5, 5.41) is 9.36.